The van der Waals surface area contributed by atoms with Crippen LogP contribution in [0.4, 0.5) is 11.6 Å². The molecule has 0 bridgehead atoms. The summed E-state index contributed by atoms with van der Waals surface area (Å²) < 4.78 is 13.2. The van der Waals surface area contributed by atoms with Gasteiger partial charge in [0.15, 0.2) is 0 Å². The highest BCUT2D eigenvalue weighted by Crippen LogP contribution is 2.28. The van der Waals surface area contributed by atoms with Gasteiger partial charge in [-0.3, -0.25) is 0 Å². The van der Waals surface area contributed by atoms with Crippen LogP contribution in [0.5, 0.6) is 11.6 Å². The lowest BCUT2D eigenvalue weighted by molar-refractivity contribution is 0.0211. The number of ether oxygens (including phenoxy) is 2. The molecule has 2 aromatic heterocycles. The smallest absolute Gasteiger partial charge is 0.219 e. The molecule has 2 N–H and O–H groups in total. The zero-order valence-corrected chi connectivity index (χ0v) is 19.6. The first-order chi connectivity index (χ1) is 16.0. The van der Waals surface area contributed by atoms with Crippen molar-refractivity contribution in [3.8, 4) is 11.6 Å². The average molecular weight is 464 g/mol. The van der Waals surface area contributed by atoms with Crippen LogP contribution < -0.4 is 15.4 Å². The number of hydrogen-bond acceptors (Lipinski definition) is 6. The van der Waals surface area contributed by atoms with Crippen LogP contribution in [0.2, 0.25) is 5.02 Å². The summed E-state index contributed by atoms with van der Waals surface area (Å²) in [5, 5.41) is 7.58. The van der Waals surface area contributed by atoms with Crippen molar-refractivity contribution in [1.29, 1.82) is 0 Å². The summed E-state index contributed by atoms with van der Waals surface area (Å²) >= 11 is 5.90. The third kappa shape index (κ3) is 4.60. The van der Waals surface area contributed by atoms with E-state index in [0.717, 1.165) is 52.8 Å². The number of aryl methyl sites for hydroxylation is 3. The number of imidazole rings is 1. The van der Waals surface area contributed by atoms with Gasteiger partial charge < -0.3 is 24.7 Å². The van der Waals surface area contributed by atoms with Gasteiger partial charge in [-0.1, -0.05) is 11.6 Å². The molecule has 0 aliphatic carbocycles. The van der Waals surface area contributed by atoms with Gasteiger partial charge in [0, 0.05) is 31.5 Å². The third-order valence-electron chi connectivity index (χ3n) is 5.91. The molecule has 4 aromatic rings. The lowest BCUT2D eigenvalue weighted by atomic mass is 10.0. The predicted molar refractivity (Wildman–Crippen MR) is 132 cm³/mol. The fraction of sp³-hybridized carbons (Fsp3) is 0.280. The molecule has 5 rings (SSSR count). The summed E-state index contributed by atoms with van der Waals surface area (Å²) in [5.41, 5.74) is 6.62. The van der Waals surface area contributed by atoms with Crippen molar-refractivity contribution in [3.05, 3.63) is 70.4 Å². The Morgan fingerprint density at radius 2 is 1.91 bits per heavy atom. The second kappa shape index (κ2) is 8.92. The summed E-state index contributed by atoms with van der Waals surface area (Å²) in [6, 6.07) is 14.2. The van der Waals surface area contributed by atoms with Crippen LogP contribution in [0.3, 0.4) is 0 Å². The van der Waals surface area contributed by atoms with E-state index in [1.807, 2.05) is 19.2 Å². The molecule has 0 unspecified atom stereocenters. The number of pyridine rings is 1. The molecule has 1 fully saturated rings. The standard InChI is InChI=1S/C25H26ClN5O2/c1-15-8-20(33-24-7-4-17(26)11-27-24)9-16(2)21(15)12-28-25-30-22-6-5-18(10-23(22)31(25)3)29-19-13-32-14-19/h4-11,19,29H,12-14H2,1-3H3,(H,28,30). The number of fused-ring (bicyclic) bond motifs is 1. The zero-order valence-electron chi connectivity index (χ0n) is 18.9. The molecule has 3 heterocycles. The van der Waals surface area contributed by atoms with E-state index in [-0.39, 0.29) is 0 Å². The van der Waals surface area contributed by atoms with Crippen LogP contribution in [0, 0.1) is 13.8 Å². The first-order valence-electron chi connectivity index (χ1n) is 10.9. The summed E-state index contributed by atoms with van der Waals surface area (Å²) in [6.07, 6.45) is 1.58. The number of nitrogens with zero attached hydrogens (tertiary/aromatic N) is 3. The highest BCUT2D eigenvalue weighted by molar-refractivity contribution is 6.30. The molecule has 1 aliphatic rings. The van der Waals surface area contributed by atoms with Crippen LogP contribution in [0.15, 0.2) is 48.7 Å². The Kier molecular flexibility index (Phi) is 5.83. The van der Waals surface area contributed by atoms with Gasteiger partial charge in [-0.2, -0.15) is 0 Å². The minimum atomic E-state index is 0.390. The fourth-order valence-corrected chi connectivity index (χ4v) is 4.11. The maximum absolute atomic E-state index is 5.90. The van der Waals surface area contributed by atoms with Crippen molar-refractivity contribution in [2.45, 2.75) is 26.4 Å². The van der Waals surface area contributed by atoms with Gasteiger partial charge in [-0.05, 0) is 66.9 Å². The molecule has 1 aliphatic heterocycles. The van der Waals surface area contributed by atoms with Crippen molar-refractivity contribution < 1.29 is 9.47 Å². The van der Waals surface area contributed by atoms with E-state index in [1.54, 1.807) is 18.3 Å². The molecule has 8 heteroatoms. The number of nitrogens with one attached hydrogen (secondary N) is 2. The average Bonchev–Trinajstić information content (AvgIpc) is 3.07. The number of benzene rings is 2. The number of anilines is 2. The highest BCUT2D eigenvalue weighted by Gasteiger charge is 2.18. The molecule has 0 spiro atoms. The molecular formula is C25H26ClN5O2. The first-order valence-corrected chi connectivity index (χ1v) is 11.3. The molecule has 33 heavy (non-hydrogen) atoms. The van der Waals surface area contributed by atoms with Gasteiger partial charge in [-0.25, -0.2) is 9.97 Å². The second-order valence-corrected chi connectivity index (χ2v) is 8.82. The van der Waals surface area contributed by atoms with Gasteiger partial charge in [0.25, 0.3) is 0 Å². The van der Waals surface area contributed by atoms with Gasteiger partial charge >= 0.3 is 0 Å². The number of hydrogen-bond donors (Lipinski definition) is 2. The van der Waals surface area contributed by atoms with Gasteiger partial charge in [0.1, 0.15) is 5.75 Å². The van der Waals surface area contributed by atoms with Crippen molar-refractivity contribution in [3.63, 3.8) is 0 Å². The van der Waals surface area contributed by atoms with E-state index in [4.69, 9.17) is 26.1 Å². The van der Waals surface area contributed by atoms with E-state index in [9.17, 15) is 0 Å². The zero-order chi connectivity index (χ0) is 22.9. The summed E-state index contributed by atoms with van der Waals surface area (Å²) in [5.74, 6) is 2.10. The Labute approximate surface area is 197 Å². The quantitative estimate of drug-likeness (QED) is 0.379. The molecule has 170 valence electrons. The van der Waals surface area contributed by atoms with Gasteiger partial charge in [-0.15, -0.1) is 0 Å². The molecule has 0 atom stereocenters. The molecular weight excluding hydrogens is 438 g/mol. The molecule has 0 radical (unpaired) electrons. The lowest BCUT2D eigenvalue weighted by Crippen LogP contribution is -2.40. The minimum absolute atomic E-state index is 0.390. The fourth-order valence-electron chi connectivity index (χ4n) is 3.99. The van der Waals surface area contributed by atoms with E-state index >= 15 is 0 Å². The maximum atomic E-state index is 5.90. The van der Waals surface area contributed by atoms with Crippen LogP contribution >= 0.6 is 11.6 Å². The normalized spacial score (nSPS) is 13.7. The van der Waals surface area contributed by atoms with E-state index in [0.29, 0.717) is 23.5 Å². The molecule has 1 saturated heterocycles. The van der Waals surface area contributed by atoms with Crippen LogP contribution in [-0.2, 0) is 18.3 Å². The summed E-state index contributed by atoms with van der Waals surface area (Å²) in [6.45, 7) is 6.36. The monoisotopic (exact) mass is 463 g/mol. The predicted octanol–water partition coefficient (Wildman–Crippen LogP) is 5.45. The summed E-state index contributed by atoms with van der Waals surface area (Å²) in [7, 11) is 2.03. The topological polar surface area (TPSA) is 73.2 Å². The highest BCUT2D eigenvalue weighted by atomic mass is 35.5. The maximum Gasteiger partial charge on any atom is 0.219 e. The Hall–Kier alpha value is -3.29. The minimum Gasteiger partial charge on any atom is -0.439 e. The van der Waals surface area contributed by atoms with Crippen LogP contribution in [0.25, 0.3) is 11.0 Å². The van der Waals surface area contributed by atoms with Gasteiger partial charge in [0.05, 0.1) is 35.3 Å². The first kappa shape index (κ1) is 21.6. The SMILES string of the molecule is Cc1cc(Oc2ccc(Cl)cn2)cc(C)c1CNc1nc2ccc(NC3COC3)cc2n1C. The Balaban J connectivity index is 1.31. The van der Waals surface area contributed by atoms with E-state index in [1.165, 1.54) is 5.56 Å². The van der Waals surface area contributed by atoms with Gasteiger partial charge in [0.2, 0.25) is 11.8 Å². The number of halogens is 1. The van der Waals surface area contributed by atoms with Crippen molar-refractivity contribution in [2.75, 3.05) is 23.8 Å². The molecule has 2 aromatic carbocycles. The van der Waals surface area contributed by atoms with E-state index < -0.39 is 0 Å². The second-order valence-electron chi connectivity index (χ2n) is 8.38. The molecule has 7 nitrogen and oxygen atoms in total. The Morgan fingerprint density at radius 3 is 2.58 bits per heavy atom. The van der Waals surface area contributed by atoms with Crippen molar-refractivity contribution >= 4 is 34.3 Å². The largest absolute Gasteiger partial charge is 0.439 e. The lowest BCUT2D eigenvalue weighted by Gasteiger charge is -2.27. The van der Waals surface area contributed by atoms with Crippen LogP contribution in [0.1, 0.15) is 16.7 Å². The Morgan fingerprint density at radius 1 is 1.12 bits per heavy atom. The van der Waals surface area contributed by atoms with Crippen molar-refractivity contribution in [1.82, 2.24) is 14.5 Å². The molecule has 0 saturated carbocycles. The van der Waals surface area contributed by atoms with E-state index in [2.05, 4.69) is 52.2 Å². The third-order valence-corrected chi connectivity index (χ3v) is 6.13. The van der Waals surface area contributed by atoms with Crippen LogP contribution in [-0.4, -0.2) is 33.8 Å². The Bertz CT molecular complexity index is 1280. The number of rotatable bonds is 7. The van der Waals surface area contributed by atoms with Crippen molar-refractivity contribution in [2.24, 2.45) is 7.05 Å². The number of aromatic nitrogens is 3. The molecule has 0 amide bonds. The summed E-state index contributed by atoms with van der Waals surface area (Å²) in [4.78, 5) is 8.98.